The van der Waals surface area contributed by atoms with E-state index in [2.05, 4.69) is 9.72 Å². The molecule has 16 heavy (non-hydrogen) atoms. The van der Waals surface area contributed by atoms with Crippen molar-refractivity contribution in [1.29, 1.82) is 0 Å². The molecule has 1 rings (SSSR count). The van der Waals surface area contributed by atoms with E-state index in [1.807, 2.05) is 0 Å². The van der Waals surface area contributed by atoms with E-state index >= 15 is 0 Å². The van der Waals surface area contributed by atoms with Crippen LogP contribution >= 0.6 is 22.6 Å². The Morgan fingerprint density at radius 3 is 2.81 bits per heavy atom. The highest BCUT2D eigenvalue weighted by molar-refractivity contribution is 14.1. The average molecular weight is 343 g/mol. The maximum absolute atomic E-state index is 12.5. The first-order chi connectivity index (χ1) is 7.45. The number of pyridine rings is 1. The predicted octanol–water partition coefficient (Wildman–Crippen LogP) is 2.04. The van der Waals surface area contributed by atoms with Gasteiger partial charge in [0.1, 0.15) is 3.70 Å². The van der Waals surface area contributed by atoms with E-state index in [-0.39, 0.29) is 15.8 Å². The van der Waals surface area contributed by atoms with Gasteiger partial charge in [-0.2, -0.15) is 0 Å². The summed E-state index contributed by atoms with van der Waals surface area (Å²) in [6, 6.07) is 0.999. The van der Waals surface area contributed by atoms with Gasteiger partial charge < -0.3 is 9.84 Å². The summed E-state index contributed by atoms with van der Waals surface area (Å²) in [6.45, 7) is 0. The molecule has 0 aliphatic carbocycles. The van der Waals surface area contributed by atoms with Crippen molar-refractivity contribution in [2.45, 2.75) is 12.8 Å². The second-order valence-electron chi connectivity index (χ2n) is 2.90. The van der Waals surface area contributed by atoms with Gasteiger partial charge in [0.2, 0.25) is 0 Å². The first-order valence-corrected chi connectivity index (χ1v) is 5.26. The fraction of sp³-hybridized carbons (Fsp3) is 0.333. The third kappa shape index (κ3) is 3.00. The van der Waals surface area contributed by atoms with E-state index in [9.17, 15) is 18.7 Å². The van der Waals surface area contributed by atoms with E-state index in [0.29, 0.717) is 0 Å². The number of ether oxygens (including phenoxy) is 1. The molecule has 1 aromatic heterocycles. The second-order valence-corrected chi connectivity index (χ2v) is 3.92. The topological polar surface area (TPSA) is 59.4 Å². The lowest BCUT2D eigenvalue weighted by molar-refractivity contribution is -0.139. The van der Waals surface area contributed by atoms with Crippen LogP contribution in [0.2, 0.25) is 0 Å². The summed E-state index contributed by atoms with van der Waals surface area (Å²) in [6.07, 6.45) is -3.01. The number of hydrogen-bond acceptors (Lipinski definition) is 4. The summed E-state index contributed by atoms with van der Waals surface area (Å²) in [5, 5.41) is 9.32. The van der Waals surface area contributed by atoms with Crippen molar-refractivity contribution in [2.24, 2.45) is 0 Å². The fourth-order valence-corrected chi connectivity index (χ4v) is 1.68. The number of methoxy groups -OCH3 is 1. The van der Waals surface area contributed by atoms with E-state index in [1.165, 1.54) is 7.11 Å². The molecule has 0 unspecified atom stereocenters. The molecule has 1 heterocycles. The van der Waals surface area contributed by atoms with Gasteiger partial charge in [0.25, 0.3) is 6.43 Å². The second kappa shape index (κ2) is 5.37. The number of aromatic nitrogens is 1. The van der Waals surface area contributed by atoms with E-state index in [1.54, 1.807) is 22.6 Å². The Morgan fingerprint density at radius 2 is 2.31 bits per heavy atom. The highest BCUT2D eigenvalue weighted by Crippen LogP contribution is 2.31. The molecule has 4 nitrogen and oxygen atoms in total. The molecule has 1 aromatic rings. The number of rotatable bonds is 3. The first-order valence-electron chi connectivity index (χ1n) is 4.19. The van der Waals surface area contributed by atoms with E-state index in [4.69, 9.17) is 0 Å². The molecule has 0 fully saturated rings. The molecule has 0 aliphatic rings. The van der Waals surface area contributed by atoms with Crippen molar-refractivity contribution in [2.75, 3.05) is 7.11 Å². The van der Waals surface area contributed by atoms with Crippen molar-refractivity contribution in [3.05, 3.63) is 21.0 Å². The largest absolute Gasteiger partial charge is 0.505 e. The number of aromatic hydroxyl groups is 1. The summed E-state index contributed by atoms with van der Waals surface area (Å²) < 4.78 is 29.4. The Balaban J connectivity index is 3.09. The van der Waals surface area contributed by atoms with Crippen LogP contribution in [0.5, 0.6) is 5.75 Å². The van der Waals surface area contributed by atoms with E-state index in [0.717, 1.165) is 6.07 Å². The van der Waals surface area contributed by atoms with Gasteiger partial charge in [-0.3, -0.25) is 4.79 Å². The number of hydrogen-bond donors (Lipinski definition) is 1. The van der Waals surface area contributed by atoms with Crippen LogP contribution in [0, 0.1) is 3.70 Å². The summed E-state index contributed by atoms with van der Waals surface area (Å²) in [5.74, 6) is -1.13. The summed E-state index contributed by atoms with van der Waals surface area (Å²) in [4.78, 5) is 14.8. The lowest BCUT2D eigenvalue weighted by Crippen LogP contribution is -2.07. The van der Waals surface area contributed by atoms with Gasteiger partial charge in [-0.05, 0) is 28.7 Å². The first kappa shape index (κ1) is 13.1. The molecule has 0 spiro atoms. The van der Waals surface area contributed by atoms with Crippen LogP contribution < -0.4 is 0 Å². The Bertz CT molecular complexity index is 412. The molecule has 0 bridgehead atoms. The maximum Gasteiger partial charge on any atom is 0.311 e. The van der Waals surface area contributed by atoms with Crippen molar-refractivity contribution >= 4 is 28.6 Å². The number of alkyl halides is 2. The molecule has 0 aliphatic heterocycles. The Morgan fingerprint density at radius 1 is 1.69 bits per heavy atom. The summed E-state index contributed by atoms with van der Waals surface area (Å²) in [7, 11) is 1.20. The number of carbonyl (C=O) groups excluding carboxylic acids is 1. The van der Waals surface area contributed by atoms with Crippen molar-refractivity contribution in [1.82, 2.24) is 4.98 Å². The van der Waals surface area contributed by atoms with Crippen LogP contribution in [0.4, 0.5) is 8.78 Å². The molecule has 0 radical (unpaired) electrons. The zero-order valence-electron chi connectivity index (χ0n) is 8.21. The van der Waals surface area contributed by atoms with Crippen molar-refractivity contribution in [3.63, 3.8) is 0 Å². The lowest BCUT2D eigenvalue weighted by Gasteiger charge is -2.07. The molecule has 0 saturated carbocycles. The van der Waals surface area contributed by atoms with E-state index < -0.39 is 23.7 Å². The van der Waals surface area contributed by atoms with Gasteiger partial charge in [-0.1, -0.05) is 0 Å². The van der Waals surface area contributed by atoms with Gasteiger partial charge in [0, 0.05) is 0 Å². The third-order valence-electron chi connectivity index (χ3n) is 1.82. The normalized spacial score (nSPS) is 10.6. The summed E-state index contributed by atoms with van der Waals surface area (Å²) in [5.41, 5.74) is -0.386. The van der Waals surface area contributed by atoms with Crippen LogP contribution in [-0.2, 0) is 16.0 Å². The van der Waals surface area contributed by atoms with Gasteiger partial charge in [-0.15, -0.1) is 0 Å². The molecule has 0 amide bonds. The fourth-order valence-electron chi connectivity index (χ4n) is 1.06. The number of carbonyl (C=O) groups is 1. The zero-order chi connectivity index (χ0) is 12.3. The van der Waals surface area contributed by atoms with Crippen LogP contribution in [0.3, 0.4) is 0 Å². The highest BCUT2D eigenvalue weighted by atomic mass is 127. The Hall–Kier alpha value is -0.990. The molecular formula is C9H8F2INO3. The monoisotopic (exact) mass is 343 g/mol. The minimum atomic E-state index is -2.81. The Kier molecular flexibility index (Phi) is 4.39. The minimum Gasteiger partial charge on any atom is -0.505 e. The molecule has 1 N–H and O–H groups in total. The SMILES string of the molecule is COC(=O)Cc1cc(C(F)F)c(O)c(I)n1. The van der Waals surface area contributed by atoms with Gasteiger partial charge in [-0.25, -0.2) is 13.8 Å². The molecule has 0 aromatic carbocycles. The van der Waals surface area contributed by atoms with Crippen molar-refractivity contribution in [3.8, 4) is 5.75 Å². The van der Waals surface area contributed by atoms with Gasteiger partial charge in [0.05, 0.1) is 24.8 Å². The number of halogens is 3. The molecule has 0 saturated heterocycles. The van der Waals surface area contributed by atoms with Crippen molar-refractivity contribution < 1.29 is 23.4 Å². The lowest BCUT2D eigenvalue weighted by atomic mass is 10.2. The van der Waals surface area contributed by atoms with Crippen LogP contribution in [0.1, 0.15) is 17.7 Å². The zero-order valence-corrected chi connectivity index (χ0v) is 10.4. The standard InChI is InChI=1S/C9H8F2INO3/c1-16-6(14)3-4-2-5(8(10)11)7(15)9(12)13-4/h2,8,15H,3H2,1H3. The third-order valence-corrected chi connectivity index (χ3v) is 2.57. The minimum absolute atomic E-state index is 0.0364. The van der Waals surface area contributed by atoms with Gasteiger partial charge in [0.15, 0.2) is 5.75 Å². The predicted molar refractivity (Wildman–Crippen MR) is 59.3 cm³/mol. The van der Waals surface area contributed by atoms with Gasteiger partial charge >= 0.3 is 5.97 Å². The summed E-state index contributed by atoms with van der Waals surface area (Å²) >= 11 is 1.62. The Labute approximate surface area is 104 Å². The maximum atomic E-state index is 12.5. The number of esters is 1. The highest BCUT2D eigenvalue weighted by Gasteiger charge is 2.18. The van der Waals surface area contributed by atoms with Crippen LogP contribution in [0.15, 0.2) is 6.07 Å². The molecular weight excluding hydrogens is 335 g/mol. The molecule has 0 atom stereocenters. The average Bonchev–Trinajstić information content (AvgIpc) is 2.22. The van der Waals surface area contributed by atoms with Crippen LogP contribution in [0.25, 0.3) is 0 Å². The quantitative estimate of drug-likeness (QED) is 0.519. The van der Waals surface area contributed by atoms with Crippen LogP contribution in [-0.4, -0.2) is 23.2 Å². The number of nitrogens with zero attached hydrogens (tertiary/aromatic N) is 1. The smallest absolute Gasteiger partial charge is 0.311 e. The molecule has 7 heteroatoms. The molecule has 88 valence electrons.